The molecule has 0 aromatic heterocycles. The van der Waals surface area contributed by atoms with E-state index in [2.05, 4.69) is 20.7 Å². The highest BCUT2D eigenvalue weighted by Crippen LogP contribution is 2.39. The molecule has 106 valence electrons. The van der Waals surface area contributed by atoms with Gasteiger partial charge in [0.15, 0.2) is 0 Å². The van der Waals surface area contributed by atoms with E-state index in [9.17, 15) is 8.42 Å². The van der Waals surface area contributed by atoms with E-state index >= 15 is 0 Å². The lowest BCUT2D eigenvalue weighted by atomic mass is 9.89. The highest BCUT2D eigenvalue weighted by molar-refractivity contribution is 9.09. The van der Waals surface area contributed by atoms with Crippen molar-refractivity contribution in [1.82, 2.24) is 4.72 Å². The normalized spacial score (nSPS) is 25.4. The van der Waals surface area contributed by atoms with E-state index in [1.807, 2.05) is 0 Å². The van der Waals surface area contributed by atoms with Crippen LogP contribution in [0.15, 0.2) is 0 Å². The third kappa shape index (κ3) is 3.48. The maximum atomic E-state index is 12.3. The standard InChI is InChI=1S/C13H24BrNO2S/c14-10-13(8-4-5-9-13)11-15-18(16,17)12-6-2-1-3-7-12/h12,15H,1-11H2. The van der Waals surface area contributed by atoms with Gasteiger partial charge in [-0.15, -0.1) is 0 Å². The zero-order valence-corrected chi connectivity index (χ0v) is 13.4. The Morgan fingerprint density at radius 2 is 1.67 bits per heavy atom. The average molecular weight is 338 g/mol. The topological polar surface area (TPSA) is 46.2 Å². The van der Waals surface area contributed by atoms with Gasteiger partial charge in [0.05, 0.1) is 5.25 Å². The van der Waals surface area contributed by atoms with Crippen LogP contribution in [0.3, 0.4) is 0 Å². The number of halogens is 1. The van der Waals surface area contributed by atoms with Crippen molar-refractivity contribution >= 4 is 26.0 Å². The number of rotatable bonds is 5. The Hall–Kier alpha value is 0.390. The van der Waals surface area contributed by atoms with Crippen LogP contribution in [0, 0.1) is 5.41 Å². The molecule has 0 unspecified atom stereocenters. The Kier molecular flexibility index (Phi) is 5.12. The molecule has 3 nitrogen and oxygen atoms in total. The quantitative estimate of drug-likeness (QED) is 0.783. The molecule has 0 heterocycles. The van der Waals surface area contributed by atoms with Gasteiger partial charge in [0, 0.05) is 11.9 Å². The molecular formula is C13H24BrNO2S. The predicted molar refractivity (Wildman–Crippen MR) is 78.5 cm³/mol. The lowest BCUT2D eigenvalue weighted by molar-refractivity contribution is 0.345. The molecule has 5 heteroatoms. The van der Waals surface area contributed by atoms with Crippen molar-refractivity contribution in [3.63, 3.8) is 0 Å². The summed E-state index contributed by atoms with van der Waals surface area (Å²) in [6.45, 7) is 0.622. The first kappa shape index (κ1) is 14.8. The third-order valence-electron chi connectivity index (χ3n) is 4.59. The van der Waals surface area contributed by atoms with Gasteiger partial charge >= 0.3 is 0 Å². The Morgan fingerprint density at radius 3 is 2.22 bits per heavy atom. The molecule has 2 saturated carbocycles. The fraction of sp³-hybridized carbons (Fsp3) is 1.00. The molecular weight excluding hydrogens is 314 g/mol. The summed E-state index contributed by atoms with van der Waals surface area (Å²) in [7, 11) is -3.09. The first-order chi connectivity index (χ1) is 8.58. The van der Waals surface area contributed by atoms with E-state index in [1.54, 1.807) is 0 Å². The molecule has 18 heavy (non-hydrogen) atoms. The Bertz CT molecular complexity index is 357. The lowest BCUT2D eigenvalue weighted by Crippen LogP contribution is -2.42. The number of sulfonamides is 1. The van der Waals surface area contributed by atoms with Crippen LogP contribution in [0.25, 0.3) is 0 Å². The molecule has 0 amide bonds. The summed E-state index contributed by atoms with van der Waals surface area (Å²) in [4.78, 5) is 0. The molecule has 1 N–H and O–H groups in total. The largest absolute Gasteiger partial charge is 0.214 e. The summed E-state index contributed by atoms with van der Waals surface area (Å²) in [5.74, 6) is 0. The second-order valence-electron chi connectivity index (χ2n) is 5.97. The van der Waals surface area contributed by atoms with Gasteiger partial charge < -0.3 is 0 Å². The minimum atomic E-state index is -3.09. The molecule has 0 radical (unpaired) electrons. The number of hydrogen-bond donors (Lipinski definition) is 1. The molecule has 0 aliphatic heterocycles. The monoisotopic (exact) mass is 337 g/mol. The smallest absolute Gasteiger partial charge is 0.214 e. The molecule has 0 saturated heterocycles. The van der Waals surface area contributed by atoms with Crippen molar-refractivity contribution in [1.29, 1.82) is 0 Å². The third-order valence-corrected chi connectivity index (χ3v) is 7.67. The van der Waals surface area contributed by atoms with Crippen molar-refractivity contribution < 1.29 is 8.42 Å². The maximum Gasteiger partial charge on any atom is 0.214 e. The van der Waals surface area contributed by atoms with Gasteiger partial charge in [-0.1, -0.05) is 48.0 Å². The summed E-state index contributed by atoms with van der Waals surface area (Å²) in [5, 5.41) is 0.771. The van der Waals surface area contributed by atoms with Crippen LogP contribution < -0.4 is 4.72 Å². The highest BCUT2D eigenvalue weighted by atomic mass is 79.9. The Balaban J connectivity index is 1.91. The van der Waals surface area contributed by atoms with E-state index in [0.29, 0.717) is 6.54 Å². The second-order valence-corrected chi connectivity index (χ2v) is 8.57. The predicted octanol–water partition coefficient (Wildman–Crippen LogP) is 3.19. The molecule has 0 aromatic carbocycles. The van der Waals surface area contributed by atoms with Crippen LogP contribution in [-0.2, 0) is 10.0 Å². The van der Waals surface area contributed by atoms with Crippen molar-refractivity contribution in [3.8, 4) is 0 Å². The summed E-state index contributed by atoms with van der Waals surface area (Å²) in [5.41, 5.74) is 0.168. The molecule has 2 aliphatic rings. The van der Waals surface area contributed by atoms with Crippen LogP contribution in [-0.4, -0.2) is 25.5 Å². The van der Waals surface area contributed by atoms with E-state index in [1.165, 1.54) is 19.3 Å². The minimum Gasteiger partial charge on any atom is -0.214 e. The summed E-state index contributed by atoms with van der Waals surface area (Å²) in [6.07, 6.45) is 9.76. The van der Waals surface area contributed by atoms with E-state index in [-0.39, 0.29) is 10.7 Å². The fourth-order valence-corrected chi connectivity index (χ4v) is 5.69. The van der Waals surface area contributed by atoms with E-state index in [4.69, 9.17) is 0 Å². The zero-order valence-electron chi connectivity index (χ0n) is 11.0. The fourth-order valence-electron chi connectivity index (χ4n) is 3.23. The van der Waals surface area contributed by atoms with Crippen LogP contribution >= 0.6 is 15.9 Å². The van der Waals surface area contributed by atoms with Gasteiger partial charge in [-0.05, 0) is 31.1 Å². The lowest BCUT2D eigenvalue weighted by Gasteiger charge is -2.29. The van der Waals surface area contributed by atoms with Gasteiger partial charge in [-0.2, -0.15) is 0 Å². The van der Waals surface area contributed by atoms with Crippen LogP contribution in [0.5, 0.6) is 0 Å². The van der Waals surface area contributed by atoms with Crippen molar-refractivity contribution in [3.05, 3.63) is 0 Å². The number of alkyl halides is 1. The minimum absolute atomic E-state index is 0.139. The zero-order chi connectivity index (χ0) is 13.1. The molecule has 0 spiro atoms. The summed E-state index contributed by atoms with van der Waals surface area (Å²) < 4.78 is 27.5. The number of hydrogen-bond acceptors (Lipinski definition) is 2. The molecule has 0 atom stereocenters. The van der Waals surface area contributed by atoms with Crippen LogP contribution in [0.4, 0.5) is 0 Å². The Morgan fingerprint density at radius 1 is 1.06 bits per heavy atom. The Labute approximate surface area is 119 Å². The van der Waals surface area contributed by atoms with E-state index < -0.39 is 10.0 Å². The van der Waals surface area contributed by atoms with Crippen molar-refractivity contribution in [2.75, 3.05) is 11.9 Å². The molecule has 0 bridgehead atoms. The maximum absolute atomic E-state index is 12.3. The van der Waals surface area contributed by atoms with Crippen molar-refractivity contribution in [2.45, 2.75) is 63.0 Å². The van der Waals surface area contributed by atoms with Crippen LogP contribution in [0.1, 0.15) is 57.8 Å². The second kappa shape index (κ2) is 6.23. The van der Waals surface area contributed by atoms with Gasteiger partial charge in [0.25, 0.3) is 0 Å². The van der Waals surface area contributed by atoms with Gasteiger partial charge in [-0.25, -0.2) is 13.1 Å². The SMILES string of the molecule is O=S(=O)(NCC1(CBr)CCCC1)C1CCCCC1. The molecule has 2 fully saturated rings. The molecule has 0 aromatic rings. The van der Waals surface area contributed by atoms with Crippen molar-refractivity contribution in [2.24, 2.45) is 5.41 Å². The van der Waals surface area contributed by atoms with Gasteiger partial charge in [0.2, 0.25) is 10.0 Å². The highest BCUT2D eigenvalue weighted by Gasteiger charge is 2.35. The summed E-state index contributed by atoms with van der Waals surface area (Å²) >= 11 is 3.56. The van der Waals surface area contributed by atoms with Gasteiger partial charge in [-0.3, -0.25) is 0 Å². The van der Waals surface area contributed by atoms with E-state index in [0.717, 1.165) is 43.9 Å². The average Bonchev–Trinajstić information content (AvgIpc) is 2.87. The first-order valence-electron chi connectivity index (χ1n) is 7.12. The molecule has 2 rings (SSSR count). The van der Waals surface area contributed by atoms with Crippen LogP contribution in [0.2, 0.25) is 0 Å². The van der Waals surface area contributed by atoms with Gasteiger partial charge in [0.1, 0.15) is 0 Å². The first-order valence-corrected chi connectivity index (χ1v) is 9.79. The molecule has 2 aliphatic carbocycles. The number of nitrogens with one attached hydrogen (secondary N) is 1. The summed E-state index contributed by atoms with van der Waals surface area (Å²) in [6, 6.07) is 0.